The van der Waals surface area contributed by atoms with Crippen molar-refractivity contribution in [2.24, 2.45) is 0 Å². The van der Waals surface area contributed by atoms with Gasteiger partial charge in [-0.05, 0) is 0 Å². The quantitative estimate of drug-likeness (QED) is 0.452. The standard InChI is InChI=1S/C6H9ClO4.H2O/c7-6-3(9)5-4(11-6)2(8)1-10-5;/h2-6,8-9H,1H2;1H2/t2-,3-,4-,5+,6?;/m1./s1. The van der Waals surface area contributed by atoms with E-state index in [0.717, 1.165) is 0 Å². The van der Waals surface area contributed by atoms with Crippen molar-refractivity contribution in [2.75, 3.05) is 6.61 Å². The smallest absolute Gasteiger partial charge is 0.160 e. The molecule has 0 bridgehead atoms. The molecule has 2 heterocycles. The SMILES string of the molecule is O.O[C@@H]1CO[C@@H]2[C@@H]1OC(Cl)[C@@H]2O. The van der Waals surface area contributed by atoms with Crippen LogP contribution in [0.25, 0.3) is 0 Å². The highest BCUT2D eigenvalue weighted by Gasteiger charge is 2.50. The first-order chi connectivity index (χ1) is 5.20. The van der Waals surface area contributed by atoms with Gasteiger partial charge in [0, 0.05) is 0 Å². The first-order valence-corrected chi connectivity index (χ1v) is 3.91. The molecule has 0 saturated carbocycles. The average molecular weight is 199 g/mol. The summed E-state index contributed by atoms with van der Waals surface area (Å²) in [6.07, 6.45) is -2.38. The van der Waals surface area contributed by atoms with E-state index in [9.17, 15) is 10.2 Å². The molecule has 5 atom stereocenters. The maximum atomic E-state index is 9.29. The minimum absolute atomic E-state index is 0. The highest BCUT2D eigenvalue weighted by atomic mass is 35.5. The van der Waals surface area contributed by atoms with E-state index in [1.54, 1.807) is 0 Å². The zero-order chi connectivity index (χ0) is 8.01. The fourth-order valence-electron chi connectivity index (χ4n) is 1.46. The van der Waals surface area contributed by atoms with E-state index < -0.39 is 30.0 Å². The summed E-state index contributed by atoms with van der Waals surface area (Å²) in [6, 6.07) is 0. The number of aliphatic hydroxyl groups excluding tert-OH is 2. The second kappa shape index (κ2) is 3.45. The number of hydrogen-bond acceptors (Lipinski definition) is 4. The highest BCUT2D eigenvalue weighted by Crippen LogP contribution is 2.32. The Morgan fingerprint density at radius 2 is 1.92 bits per heavy atom. The van der Waals surface area contributed by atoms with Gasteiger partial charge < -0.3 is 25.2 Å². The van der Waals surface area contributed by atoms with E-state index in [1.165, 1.54) is 0 Å². The molecule has 0 aromatic rings. The number of alkyl halides is 1. The number of hydrogen-bond donors (Lipinski definition) is 2. The van der Waals surface area contributed by atoms with E-state index in [0.29, 0.717) is 0 Å². The van der Waals surface area contributed by atoms with Crippen molar-refractivity contribution in [1.82, 2.24) is 0 Å². The Labute approximate surface area is 74.2 Å². The average Bonchev–Trinajstić information content (AvgIpc) is 2.43. The molecule has 12 heavy (non-hydrogen) atoms. The number of fused-ring (bicyclic) bond motifs is 1. The number of halogens is 1. The Hall–Kier alpha value is 0.0900. The highest BCUT2D eigenvalue weighted by molar-refractivity contribution is 6.20. The lowest BCUT2D eigenvalue weighted by Gasteiger charge is -2.09. The van der Waals surface area contributed by atoms with Crippen LogP contribution in [0, 0.1) is 0 Å². The molecule has 2 rings (SSSR count). The van der Waals surface area contributed by atoms with E-state index in [2.05, 4.69) is 0 Å². The molecule has 2 saturated heterocycles. The summed E-state index contributed by atoms with van der Waals surface area (Å²) >= 11 is 5.57. The van der Waals surface area contributed by atoms with Crippen molar-refractivity contribution in [3.63, 3.8) is 0 Å². The van der Waals surface area contributed by atoms with Gasteiger partial charge in [0.05, 0.1) is 6.61 Å². The van der Waals surface area contributed by atoms with Crippen LogP contribution in [-0.4, -0.2) is 52.3 Å². The van der Waals surface area contributed by atoms with Crippen molar-refractivity contribution < 1.29 is 25.2 Å². The monoisotopic (exact) mass is 198 g/mol. The van der Waals surface area contributed by atoms with Crippen LogP contribution in [0.1, 0.15) is 0 Å². The summed E-state index contributed by atoms with van der Waals surface area (Å²) in [6.45, 7) is 0.218. The van der Waals surface area contributed by atoms with Gasteiger partial charge in [0.15, 0.2) is 5.56 Å². The van der Waals surface area contributed by atoms with Crippen molar-refractivity contribution in [1.29, 1.82) is 0 Å². The van der Waals surface area contributed by atoms with Gasteiger partial charge in [-0.2, -0.15) is 0 Å². The Morgan fingerprint density at radius 3 is 2.50 bits per heavy atom. The summed E-state index contributed by atoms with van der Waals surface area (Å²) in [5.74, 6) is 0. The lowest BCUT2D eigenvalue weighted by atomic mass is 10.1. The predicted octanol–water partition coefficient (Wildman–Crippen LogP) is -1.75. The Morgan fingerprint density at radius 1 is 1.25 bits per heavy atom. The summed E-state index contributed by atoms with van der Waals surface area (Å²) < 4.78 is 10.1. The maximum absolute atomic E-state index is 9.29. The molecule has 2 fully saturated rings. The van der Waals surface area contributed by atoms with Crippen molar-refractivity contribution in [2.45, 2.75) is 30.0 Å². The fraction of sp³-hybridized carbons (Fsp3) is 1.00. The van der Waals surface area contributed by atoms with Crippen LogP contribution >= 0.6 is 11.6 Å². The lowest BCUT2D eigenvalue weighted by Crippen LogP contribution is -2.31. The molecule has 5 nitrogen and oxygen atoms in total. The van der Waals surface area contributed by atoms with Crippen molar-refractivity contribution in [3.05, 3.63) is 0 Å². The molecule has 1 unspecified atom stereocenters. The molecule has 4 N–H and O–H groups in total. The first-order valence-electron chi connectivity index (χ1n) is 3.47. The molecule has 0 radical (unpaired) electrons. The van der Waals surface area contributed by atoms with E-state index in [4.69, 9.17) is 21.1 Å². The molecule has 2 aliphatic heterocycles. The Kier molecular flexibility index (Phi) is 2.92. The zero-order valence-corrected chi connectivity index (χ0v) is 6.94. The van der Waals surface area contributed by atoms with Crippen LogP contribution in [0.5, 0.6) is 0 Å². The van der Waals surface area contributed by atoms with Crippen LogP contribution < -0.4 is 0 Å². The molecule has 0 spiro atoms. The minimum Gasteiger partial charge on any atom is -0.412 e. The third kappa shape index (κ3) is 1.32. The van der Waals surface area contributed by atoms with Crippen molar-refractivity contribution in [3.8, 4) is 0 Å². The Balaban J connectivity index is 0.000000720. The second-order valence-corrected chi connectivity index (χ2v) is 3.24. The van der Waals surface area contributed by atoms with Gasteiger partial charge in [-0.1, -0.05) is 11.6 Å². The van der Waals surface area contributed by atoms with Gasteiger partial charge in [-0.15, -0.1) is 0 Å². The van der Waals surface area contributed by atoms with Gasteiger partial charge in [-0.3, -0.25) is 0 Å². The fourth-order valence-corrected chi connectivity index (χ4v) is 1.72. The third-order valence-electron chi connectivity index (χ3n) is 2.05. The summed E-state index contributed by atoms with van der Waals surface area (Å²) in [7, 11) is 0. The molecule has 0 aliphatic carbocycles. The van der Waals surface area contributed by atoms with Gasteiger partial charge in [0.2, 0.25) is 0 Å². The van der Waals surface area contributed by atoms with Gasteiger partial charge >= 0.3 is 0 Å². The number of aliphatic hydroxyl groups is 2. The summed E-state index contributed by atoms with van der Waals surface area (Å²) in [5.41, 5.74) is -0.750. The van der Waals surface area contributed by atoms with Crippen LogP contribution in [0.3, 0.4) is 0 Å². The number of ether oxygens (including phenoxy) is 2. The van der Waals surface area contributed by atoms with Crippen LogP contribution in [0.4, 0.5) is 0 Å². The molecule has 0 amide bonds. The molecule has 0 aromatic carbocycles. The molecule has 6 heteroatoms. The lowest BCUT2D eigenvalue weighted by molar-refractivity contribution is -0.0132. The molecule has 2 aliphatic rings. The van der Waals surface area contributed by atoms with E-state index in [1.807, 2.05) is 0 Å². The van der Waals surface area contributed by atoms with E-state index in [-0.39, 0.29) is 12.1 Å². The molecule has 72 valence electrons. The van der Waals surface area contributed by atoms with Gasteiger partial charge in [0.25, 0.3) is 0 Å². The summed E-state index contributed by atoms with van der Waals surface area (Å²) in [5, 5.41) is 18.5. The maximum Gasteiger partial charge on any atom is 0.160 e. The normalized spacial score (nSPS) is 51.8. The largest absolute Gasteiger partial charge is 0.412 e. The molecular formula is C6H11ClO5. The Bertz CT molecular complexity index is 166. The van der Waals surface area contributed by atoms with Crippen LogP contribution in [0.15, 0.2) is 0 Å². The van der Waals surface area contributed by atoms with Gasteiger partial charge in [-0.25, -0.2) is 0 Å². The zero-order valence-electron chi connectivity index (χ0n) is 6.18. The van der Waals surface area contributed by atoms with Gasteiger partial charge in [0.1, 0.15) is 24.4 Å². The number of rotatable bonds is 0. The topological polar surface area (TPSA) is 90.4 Å². The molecule has 0 aromatic heterocycles. The van der Waals surface area contributed by atoms with E-state index >= 15 is 0 Å². The summed E-state index contributed by atoms with van der Waals surface area (Å²) in [4.78, 5) is 0. The molecular weight excluding hydrogens is 188 g/mol. The van der Waals surface area contributed by atoms with Crippen LogP contribution in [-0.2, 0) is 9.47 Å². The third-order valence-corrected chi connectivity index (χ3v) is 2.42. The minimum atomic E-state index is -0.821. The first kappa shape index (κ1) is 10.2. The van der Waals surface area contributed by atoms with Crippen LogP contribution in [0.2, 0.25) is 0 Å². The predicted molar refractivity (Wildman–Crippen MR) is 39.9 cm³/mol. The second-order valence-electron chi connectivity index (χ2n) is 2.81. The van der Waals surface area contributed by atoms with Crippen molar-refractivity contribution >= 4 is 11.6 Å².